The molecule has 2 aromatic heterocycles. The summed E-state index contributed by atoms with van der Waals surface area (Å²) in [6.45, 7) is 2.08. The van der Waals surface area contributed by atoms with Gasteiger partial charge in [-0.25, -0.2) is 4.98 Å². The molecule has 0 spiro atoms. The van der Waals surface area contributed by atoms with Crippen molar-refractivity contribution in [2.75, 3.05) is 0 Å². The molecule has 1 aliphatic rings. The second-order valence-electron chi connectivity index (χ2n) is 6.05. The van der Waals surface area contributed by atoms with Gasteiger partial charge in [-0.15, -0.1) is 10.2 Å². The highest BCUT2D eigenvalue weighted by molar-refractivity contribution is 7.99. The van der Waals surface area contributed by atoms with Crippen LogP contribution in [0, 0.1) is 6.92 Å². The molecule has 1 aliphatic heterocycles. The number of aryl methyl sites for hydroxylation is 1. The van der Waals surface area contributed by atoms with Crippen LogP contribution in [-0.4, -0.2) is 26.1 Å². The van der Waals surface area contributed by atoms with Gasteiger partial charge in [-0.2, -0.15) is 9.78 Å². The third-order valence-corrected chi connectivity index (χ3v) is 5.39. The molecule has 0 saturated carbocycles. The normalized spacial score (nSPS) is 12.7. The van der Waals surface area contributed by atoms with E-state index in [0.29, 0.717) is 16.0 Å². The van der Waals surface area contributed by atoms with Crippen LogP contribution in [0.25, 0.3) is 22.3 Å². The maximum absolute atomic E-state index is 5.98. The maximum atomic E-state index is 5.98. The molecule has 3 heterocycles. The van der Waals surface area contributed by atoms with Gasteiger partial charge in [0.1, 0.15) is 5.03 Å². The molecule has 26 heavy (non-hydrogen) atoms. The van der Waals surface area contributed by atoms with E-state index in [1.165, 1.54) is 17.3 Å². The van der Waals surface area contributed by atoms with Crippen molar-refractivity contribution in [3.63, 3.8) is 0 Å². The van der Waals surface area contributed by atoms with Gasteiger partial charge in [0.25, 0.3) is 0 Å². The first-order chi connectivity index (χ1) is 12.7. The lowest BCUT2D eigenvalue weighted by Gasteiger charge is -2.04. The second-order valence-corrected chi connectivity index (χ2v) is 7.44. The quantitative estimate of drug-likeness (QED) is 0.421. The molecule has 0 radical (unpaired) electrons. The van der Waals surface area contributed by atoms with Crippen molar-refractivity contribution in [3.05, 3.63) is 64.7 Å². The van der Waals surface area contributed by atoms with Crippen LogP contribution in [0.3, 0.4) is 0 Å². The Morgan fingerprint density at radius 2 is 1.85 bits per heavy atom. The number of aromatic nitrogens is 4. The molecule has 0 saturated heterocycles. The first-order valence-corrected chi connectivity index (χ1v) is 9.22. The Bertz CT molecular complexity index is 1180. The van der Waals surface area contributed by atoms with E-state index in [1.807, 2.05) is 36.5 Å². The minimum atomic E-state index is 0.675. The minimum Gasteiger partial charge on any atom is -0.240 e. The van der Waals surface area contributed by atoms with Crippen LogP contribution in [0.2, 0.25) is 5.02 Å². The Hall–Kier alpha value is -2.70. The summed E-state index contributed by atoms with van der Waals surface area (Å²) in [5.74, 6) is 0.675. The summed E-state index contributed by atoms with van der Waals surface area (Å²) in [4.78, 5) is 4.78. The van der Waals surface area contributed by atoms with Gasteiger partial charge >= 0.3 is 0 Å². The largest absolute Gasteiger partial charge is 0.240 e. The Labute approximate surface area is 158 Å². The molecule has 126 valence electrons. The van der Waals surface area contributed by atoms with Crippen LogP contribution in [0.15, 0.2) is 63.8 Å². The molecular weight excluding hydrogens is 366 g/mol. The van der Waals surface area contributed by atoms with Crippen LogP contribution < -0.4 is 0 Å². The first kappa shape index (κ1) is 15.5. The SMILES string of the molecule is Cc1ccc2nc3c(cc2c1)C=Nn1c(nnc1-c1ccc(Cl)cc1)S3. The zero-order valence-electron chi connectivity index (χ0n) is 13.7. The number of fused-ring (bicyclic) bond motifs is 3. The predicted molar refractivity (Wildman–Crippen MR) is 104 cm³/mol. The number of halogens is 1. The summed E-state index contributed by atoms with van der Waals surface area (Å²) in [7, 11) is 0. The highest BCUT2D eigenvalue weighted by Crippen LogP contribution is 2.34. The van der Waals surface area contributed by atoms with Gasteiger partial charge in [0.05, 0.1) is 11.7 Å². The van der Waals surface area contributed by atoms with Crippen LogP contribution in [0.5, 0.6) is 0 Å². The van der Waals surface area contributed by atoms with Gasteiger partial charge in [0.2, 0.25) is 5.16 Å². The van der Waals surface area contributed by atoms with Gasteiger partial charge in [-0.05, 0) is 61.2 Å². The molecule has 5 rings (SSSR count). The Kier molecular flexibility index (Phi) is 3.55. The molecule has 0 bridgehead atoms. The summed E-state index contributed by atoms with van der Waals surface area (Å²) < 4.78 is 1.74. The van der Waals surface area contributed by atoms with E-state index < -0.39 is 0 Å². The highest BCUT2D eigenvalue weighted by Gasteiger charge is 2.20. The average molecular weight is 378 g/mol. The van der Waals surface area contributed by atoms with Crippen molar-refractivity contribution in [1.82, 2.24) is 19.9 Å². The van der Waals surface area contributed by atoms with Crippen molar-refractivity contribution >= 4 is 40.5 Å². The summed E-state index contributed by atoms with van der Waals surface area (Å²) in [6.07, 6.45) is 1.82. The van der Waals surface area contributed by atoms with E-state index >= 15 is 0 Å². The van der Waals surface area contributed by atoms with Crippen molar-refractivity contribution in [2.45, 2.75) is 17.1 Å². The average Bonchev–Trinajstić information content (AvgIpc) is 2.94. The fraction of sp³-hybridized carbons (Fsp3) is 0.0526. The monoisotopic (exact) mass is 377 g/mol. The van der Waals surface area contributed by atoms with E-state index in [2.05, 4.69) is 40.4 Å². The summed E-state index contributed by atoms with van der Waals surface area (Å²) in [5.41, 5.74) is 4.05. The number of rotatable bonds is 1. The lowest BCUT2D eigenvalue weighted by Crippen LogP contribution is -1.94. The van der Waals surface area contributed by atoms with Crippen LogP contribution in [-0.2, 0) is 0 Å². The number of benzene rings is 2. The number of nitrogens with zero attached hydrogens (tertiary/aromatic N) is 5. The van der Waals surface area contributed by atoms with Gasteiger partial charge < -0.3 is 0 Å². The zero-order chi connectivity index (χ0) is 17.7. The Balaban J connectivity index is 1.63. The lowest BCUT2D eigenvalue weighted by atomic mass is 10.1. The lowest BCUT2D eigenvalue weighted by molar-refractivity contribution is 0.775. The minimum absolute atomic E-state index is 0.675. The topological polar surface area (TPSA) is 56.0 Å². The molecule has 0 amide bonds. The molecule has 0 aliphatic carbocycles. The van der Waals surface area contributed by atoms with Crippen LogP contribution >= 0.6 is 23.4 Å². The Morgan fingerprint density at radius 3 is 2.69 bits per heavy atom. The van der Waals surface area contributed by atoms with Gasteiger partial charge in [0.15, 0.2) is 5.82 Å². The third kappa shape index (κ3) is 2.58. The third-order valence-electron chi connectivity index (χ3n) is 4.18. The van der Waals surface area contributed by atoms with Crippen molar-refractivity contribution in [2.24, 2.45) is 5.10 Å². The zero-order valence-corrected chi connectivity index (χ0v) is 15.3. The molecule has 0 unspecified atom stereocenters. The summed E-state index contributed by atoms with van der Waals surface area (Å²) in [5, 5.41) is 16.5. The second kappa shape index (κ2) is 5.93. The number of pyridine rings is 1. The first-order valence-electron chi connectivity index (χ1n) is 8.02. The highest BCUT2D eigenvalue weighted by atomic mass is 35.5. The fourth-order valence-corrected chi connectivity index (χ4v) is 3.86. The molecule has 2 aromatic carbocycles. The van der Waals surface area contributed by atoms with E-state index in [4.69, 9.17) is 16.6 Å². The van der Waals surface area contributed by atoms with Gasteiger partial charge in [-0.3, -0.25) is 0 Å². The predicted octanol–water partition coefficient (Wildman–Crippen LogP) is 4.80. The summed E-state index contributed by atoms with van der Waals surface area (Å²) in [6, 6.07) is 15.8. The van der Waals surface area contributed by atoms with E-state index in [-0.39, 0.29) is 0 Å². The van der Waals surface area contributed by atoms with Gasteiger partial charge in [-0.1, -0.05) is 23.2 Å². The van der Waals surface area contributed by atoms with E-state index in [0.717, 1.165) is 27.1 Å². The summed E-state index contributed by atoms with van der Waals surface area (Å²) >= 11 is 7.45. The number of hydrogen-bond acceptors (Lipinski definition) is 5. The molecule has 0 fully saturated rings. The van der Waals surface area contributed by atoms with Gasteiger partial charge in [0, 0.05) is 21.5 Å². The molecule has 4 aromatic rings. The molecular formula is C19H12ClN5S. The van der Waals surface area contributed by atoms with Crippen molar-refractivity contribution < 1.29 is 0 Å². The molecule has 7 heteroatoms. The fourth-order valence-electron chi connectivity index (χ4n) is 2.89. The molecule has 0 N–H and O–H groups in total. The standard InChI is InChI=1S/C19H12ClN5S/c1-11-2-7-16-13(8-11)9-14-10-21-25-17(12-3-5-15(20)6-4-12)23-24-19(25)26-18(14)22-16/h2-10H,1H3. The van der Waals surface area contributed by atoms with Crippen LogP contribution in [0.4, 0.5) is 0 Å². The number of hydrogen-bond donors (Lipinski definition) is 0. The van der Waals surface area contributed by atoms with E-state index in [1.54, 1.807) is 4.68 Å². The molecule has 0 atom stereocenters. The van der Waals surface area contributed by atoms with Crippen LogP contribution in [0.1, 0.15) is 11.1 Å². The van der Waals surface area contributed by atoms with E-state index in [9.17, 15) is 0 Å². The maximum Gasteiger partial charge on any atom is 0.218 e. The van der Waals surface area contributed by atoms with Crippen molar-refractivity contribution in [1.29, 1.82) is 0 Å². The smallest absolute Gasteiger partial charge is 0.218 e. The Morgan fingerprint density at radius 1 is 1.00 bits per heavy atom. The molecule has 5 nitrogen and oxygen atoms in total. The van der Waals surface area contributed by atoms with Crippen molar-refractivity contribution in [3.8, 4) is 11.4 Å².